The summed E-state index contributed by atoms with van der Waals surface area (Å²) in [4.78, 5) is 19.4. The van der Waals surface area contributed by atoms with Crippen LogP contribution in [-0.4, -0.2) is 34.1 Å². The van der Waals surface area contributed by atoms with Gasteiger partial charge in [0.2, 0.25) is 11.8 Å². The van der Waals surface area contributed by atoms with Crippen molar-refractivity contribution >= 4 is 5.91 Å². The van der Waals surface area contributed by atoms with Crippen molar-refractivity contribution < 1.29 is 14.1 Å². The first-order valence-corrected chi connectivity index (χ1v) is 11.0. The normalized spacial score (nSPS) is 20.3. The molecule has 0 bridgehead atoms. The fraction of sp³-hybridized carbons (Fsp3) is 0.609. The number of ether oxygens (including phenoxy) is 1. The predicted octanol–water partition coefficient (Wildman–Crippen LogP) is 4.46. The van der Waals surface area contributed by atoms with Crippen LogP contribution in [0, 0.1) is 5.92 Å². The molecule has 1 aromatic heterocycles. The van der Waals surface area contributed by atoms with E-state index in [-0.39, 0.29) is 11.9 Å². The summed E-state index contributed by atoms with van der Waals surface area (Å²) in [7, 11) is 0. The highest BCUT2D eigenvalue weighted by atomic mass is 16.5. The number of nitrogens with zero attached hydrogens (tertiary/aromatic N) is 3. The Morgan fingerprint density at radius 2 is 1.93 bits per heavy atom. The molecule has 1 aliphatic heterocycles. The van der Waals surface area contributed by atoms with Crippen molar-refractivity contribution in [2.24, 2.45) is 5.92 Å². The Morgan fingerprint density at radius 1 is 1.10 bits per heavy atom. The van der Waals surface area contributed by atoms with E-state index in [1.54, 1.807) is 0 Å². The number of rotatable bonds is 8. The van der Waals surface area contributed by atoms with Crippen molar-refractivity contribution in [1.29, 1.82) is 0 Å². The zero-order chi connectivity index (χ0) is 19.9. The van der Waals surface area contributed by atoms with Gasteiger partial charge in [-0.25, -0.2) is 0 Å². The molecule has 1 aromatic carbocycles. The van der Waals surface area contributed by atoms with Crippen LogP contribution >= 0.6 is 0 Å². The van der Waals surface area contributed by atoms with Gasteiger partial charge in [-0.2, -0.15) is 4.98 Å². The Bertz CT molecular complexity index is 771. The Morgan fingerprint density at radius 3 is 2.76 bits per heavy atom. The van der Waals surface area contributed by atoms with Gasteiger partial charge in [0.15, 0.2) is 5.82 Å². The quantitative estimate of drug-likeness (QED) is 0.615. The van der Waals surface area contributed by atoms with Crippen LogP contribution in [0.25, 0.3) is 0 Å². The summed E-state index contributed by atoms with van der Waals surface area (Å²) < 4.78 is 11.2. The smallest absolute Gasteiger partial charge is 0.249 e. The molecule has 1 unspecified atom stereocenters. The molecule has 6 heteroatoms. The van der Waals surface area contributed by atoms with Crippen molar-refractivity contribution in [3.05, 3.63) is 47.6 Å². The van der Waals surface area contributed by atoms with E-state index in [1.165, 1.54) is 32.1 Å². The molecule has 1 saturated carbocycles. The highest BCUT2D eigenvalue weighted by Gasteiger charge is 2.34. The fourth-order valence-corrected chi connectivity index (χ4v) is 4.51. The Kier molecular flexibility index (Phi) is 6.93. The number of aromatic nitrogens is 2. The van der Waals surface area contributed by atoms with E-state index in [1.807, 2.05) is 35.2 Å². The van der Waals surface area contributed by atoms with E-state index in [2.05, 4.69) is 10.1 Å². The average molecular weight is 398 g/mol. The molecule has 1 amide bonds. The third-order valence-electron chi connectivity index (χ3n) is 6.11. The van der Waals surface area contributed by atoms with E-state index in [4.69, 9.17) is 9.26 Å². The molecule has 2 fully saturated rings. The maximum Gasteiger partial charge on any atom is 0.249 e. The number of hydrogen-bond donors (Lipinski definition) is 0. The molecule has 6 nitrogen and oxygen atoms in total. The van der Waals surface area contributed by atoms with Crippen LogP contribution in [0.15, 0.2) is 34.9 Å². The molecule has 2 aromatic rings. The second kappa shape index (κ2) is 10.0. The summed E-state index contributed by atoms with van der Waals surface area (Å²) in [6, 6.07) is 10.0. The summed E-state index contributed by atoms with van der Waals surface area (Å²) in [6.07, 6.45) is 9.42. The van der Waals surface area contributed by atoms with Crippen molar-refractivity contribution in [3.63, 3.8) is 0 Å². The van der Waals surface area contributed by atoms with E-state index < -0.39 is 0 Å². The second-order valence-corrected chi connectivity index (χ2v) is 8.29. The number of likely N-dealkylation sites (tertiary alicyclic amines) is 1. The molecule has 2 heterocycles. The molecule has 0 N–H and O–H groups in total. The van der Waals surface area contributed by atoms with Crippen LogP contribution in [0.1, 0.15) is 74.7 Å². The molecule has 1 atom stereocenters. The first-order chi connectivity index (χ1) is 14.3. The van der Waals surface area contributed by atoms with Crippen LogP contribution < -0.4 is 0 Å². The third kappa shape index (κ3) is 5.44. The minimum absolute atomic E-state index is 0.0578. The molecule has 0 radical (unpaired) electrons. The van der Waals surface area contributed by atoms with Crippen molar-refractivity contribution in [2.75, 3.05) is 13.2 Å². The number of carbonyl (C=O) groups excluding carboxylic acids is 1. The maximum atomic E-state index is 12.9. The SMILES string of the molecule is O=C(CC1CCCCC1)N1CCCC1c1nc(CCOCc2ccccc2)no1. The largest absolute Gasteiger partial charge is 0.376 e. The van der Waals surface area contributed by atoms with Crippen LogP contribution in [0.4, 0.5) is 0 Å². The maximum absolute atomic E-state index is 12.9. The van der Waals surface area contributed by atoms with Gasteiger partial charge in [0, 0.05) is 19.4 Å². The van der Waals surface area contributed by atoms with Crippen LogP contribution in [0.2, 0.25) is 0 Å². The topological polar surface area (TPSA) is 68.5 Å². The lowest BCUT2D eigenvalue weighted by Gasteiger charge is -2.26. The van der Waals surface area contributed by atoms with E-state index in [0.717, 1.165) is 24.9 Å². The lowest BCUT2D eigenvalue weighted by atomic mass is 9.86. The number of carbonyl (C=O) groups is 1. The van der Waals surface area contributed by atoms with E-state index >= 15 is 0 Å². The molecule has 29 heavy (non-hydrogen) atoms. The second-order valence-electron chi connectivity index (χ2n) is 8.29. The minimum atomic E-state index is -0.0578. The molecule has 4 rings (SSSR count). The van der Waals surface area contributed by atoms with E-state index in [9.17, 15) is 4.79 Å². The predicted molar refractivity (Wildman–Crippen MR) is 109 cm³/mol. The summed E-state index contributed by atoms with van der Waals surface area (Å²) >= 11 is 0. The number of benzene rings is 1. The summed E-state index contributed by atoms with van der Waals surface area (Å²) in [5.74, 6) is 2.04. The fourth-order valence-electron chi connectivity index (χ4n) is 4.51. The zero-order valence-corrected chi connectivity index (χ0v) is 17.1. The molecule has 1 saturated heterocycles. The molecule has 1 aliphatic carbocycles. The molecule has 0 spiro atoms. The standard InChI is InChI=1S/C23H31N3O3/c27-22(16-18-8-3-1-4-9-18)26-14-7-12-20(26)23-24-21(25-29-23)13-15-28-17-19-10-5-2-6-11-19/h2,5-6,10-11,18,20H,1,3-4,7-9,12-17H2. The van der Waals surface area contributed by atoms with Gasteiger partial charge in [-0.3, -0.25) is 4.79 Å². The summed E-state index contributed by atoms with van der Waals surface area (Å²) in [5.41, 5.74) is 1.15. The van der Waals surface area contributed by atoms with Crippen molar-refractivity contribution in [3.8, 4) is 0 Å². The van der Waals surface area contributed by atoms with Crippen LogP contribution in [0.3, 0.4) is 0 Å². The Labute approximate surface area is 172 Å². The van der Waals surface area contributed by atoms with Gasteiger partial charge in [0.1, 0.15) is 6.04 Å². The first-order valence-electron chi connectivity index (χ1n) is 11.0. The number of hydrogen-bond acceptors (Lipinski definition) is 5. The minimum Gasteiger partial charge on any atom is -0.376 e. The lowest BCUT2D eigenvalue weighted by molar-refractivity contribution is -0.133. The monoisotopic (exact) mass is 397 g/mol. The van der Waals surface area contributed by atoms with Gasteiger partial charge in [0.25, 0.3) is 0 Å². The van der Waals surface area contributed by atoms with Crippen molar-refractivity contribution in [1.82, 2.24) is 15.0 Å². The van der Waals surface area contributed by atoms with Crippen molar-refractivity contribution in [2.45, 2.75) is 70.4 Å². The number of amides is 1. The van der Waals surface area contributed by atoms with Gasteiger partial charge in [0.05, 0.1) is 13.2 Å². The summed E-state index contributed by atoms with van der Waals surface area (Å²) in [6.45, 7) is 1.93. The van der Waals surface area contributed by atoms with Crippen LogP contribution in [0.5, 0.6) is 0 Å². The van der Waals surface area contributed by atoms with Gasteiger partial charge < -0.3 is 14.2 Å². The Hall–Kier alpha value is -2.21. The molecule has 2 aliphatic rings. The first kappa shape index (κ1) is 20.1. The molecule has 156 valence electrons. The average Bonchev–Trinajstić information content (AvgIpc) is 3.42. The summed E-state index contributed by atoms with van der Waals surface area (Å²) in [5, 5.41) is 4.11. The molecular formula is C23H31N3O3. The van der Waals surface area contributed by atoms with Gasteiger partial charge in [-0.05, 0) is 37.2 Å². The van der Waals surface area contributed by atoms with Crippen LogP contribution in [-0.2, 0) is 22.6 Å². The van der Waals surface area contributed by atoms with Gasteiger partial charge >= 0.3 is 0 Å². The zero-order valence-electron chi connectivity index (χ0n) is 17.1. The van der Waals surface area contributed by atoms with Gasteiger partial charge in [-0.1, -0.05) is 54.8 Å². The Balaban J connectivity index is 1.26. The highest BCUT2D eigenvalue weighted by Crippen LogP contribution is 2.34. The molecular weight excluding hydrogens is 366 g/mol. The lowest BCUT2D eigenvalue weighted by Crippen LogP contribution is -2.32. The van der Waals surface area contributed by atoms with E-state index in [0.29, 0.717) is 43.7 Å². The highest BCUT2D eigenvalue weighted by molar-refractivity contribution is 5.77. The van der Waals surface area contributed by atoms with Gasteiger partial charge in [-0.15, -0.1) is 0 Å². The third-order valence-corrected chi connectivity index (χ3v) is 6.11.